The molecule has 0 saturated heterocycles. The Bertz CT molecular complexity index is 1240. The number of carbonyl (C=O) groups excluding carboxylic acids is 1. The van der Waals surface area contributed by atoms with Gasteiger partial charge in [-0.2, -0.15) is 0 Å². The lowest BCUT2D eigenvalue weighted by molar-refractivity contribution is 0.102. The molecule has 3 N–H and O–H groups in total. The van der Waals surface area contributed by atoms with E-state index in [9.17, 15) is 4.79 Å². The Morgan fingerprint density at radius 3 is 2.97 bits per heavy atom. The Hall–Kier alpha value is -4.08. The third kappa shape index (κ3) is 4.59. The lowest BCUT2D eigenvalue weighted by atomic mass is 10.00. The summed E-state index contributed by atoms with van der Waals surface area (Å²) in [6, 6.07) is 7.83. The molecule has 10 heteroatoms. The number of hydrogen-bond acceptors (Lipinski definition) is 7. The van der Waals surface area contributed by atoms with Gasteiger partial charge in [-0.3, -0.25) is 4.79 Å². The van der Waals surface area contributed by atoms with Crippen LogP contribution in [-0.4, -0.2) is 45.5 Å². The third-order valence-electron chi connectivity index (χ3n) is 5.41. The van der Waals surface area contributed by atoms with Gasteiger partial charge in [-0.1, -0.05) is 6.07 Å². The van der Waals surface area contributed by atoms with Gasteiger partial charge in [-0.25, -0.2) is 9.37 Å². The van der Waals surface area contributed by atoms with Gasteiger partial charge in [0.2, 0.25) is 0 Å². The van der Waals surface area contributed by atoms with Crippen LogP contribution in [0.4, 0.5) is 10.2 Å². The molecule has 9 nitrogen and oxygen atoms in total. The summed E-state index contributed by atoms with van der Waals surface area (Å²) in [6.45, 7) is 2.71. The molecule has 0 saturated carbocycles. The summed E-state index contributed by atoms with van der Waals surface area (Å²) in [5, 5.41) is 21.6. The number of anilines is 1. The van der Waals surface area contributed by atoms with Crippen LogP contribution in [0, 0.1) is 11.2 Å². The zero-order chi connectivity index (χ0) is 23.4. The quantitative estimate of drug-likeness (QED) is 0.527. The number of nitrogens with zero attached hydrogens (tertiary/aromatic N) is 4. The van der Waals surface area contributed by atoms with Gasteiger partial charge in [0.05, 0.1) is 12.2 Å². The molecule has 33 heavy (non-hydrogen) atoms. The highest BCUT2D eigenvalue weighted by molar-refractivity contribution is 6.12. The van der Waals surface area contributed by atoms with E-state index in [4.69, 9.17) is 10.1 Å². The molecule has 0 fully saturated rings. The van der Waals surface area contributed by atoms with Gasteiger partial charge in [0.15, 0.2) is 5.82 Å². The molecule has 2 aromatic heterocycles. The predicted molar refractivity (Wildman–Crippen MR) is 123 cm³/mol. The molecular formula is C23H24FN7O2. The molecular weight excluding hydrogens is 425 g/mol. The minimum absolute atomic E-state index is 0.130. The van der Waals surface area contributed by atoms with Crippen molar-refractivity contribution in [3.63, 3.8) is 0 Å². The van der Waals surface area contributed by atoms with Crippen LogP contribution >= 0.6 is 0 Å². The maximum atomic E-state index is 15.0. The summed E-state index contributed by atoms with van der Waals surface area (Å²) in [5.74, 6) is -0.0171. The zero-order valence-electron chi connectivity index (χ0n) is 18.4. The Labute approximate surface area is 190 Å². The topological polar surface area (TPSA) is 118 Å². The van der Waals surface area contributed by atoms with Crippen molar-refractivity contribution >= 4 is 23.5 Å². The first-order valence-electron chi connectivity index (χ1n) is 10.5. The number of allylic oxidation sites excluding steroid dienone is 2. The smallest absolute Gasteiger partial charge is 0.260 e. The highest BCUT2D eigenvalue weighted by Gasteiger charge is 2.21. The third-order valence-corrected chi connectivity index (χ3v) is 5.41. The lowest BCUT2D eigenvalue weighted by Crippen LogP contribution is -2.17. The van der Waals surface area contributed by atoms with Crippen molar-refractivity contribution in [1.29, 1.82) is 5.41 Å². The van der Waals surface area contributed by atoms with Crippen LogP contribution in [0.1, 0.15) is 35.7 Å². The van der Waals surface area contributed by atoms with E-state index in [1.807, 2.05) is 4.57 Å². The van der Waals surface area contributed by atoms with Gasteiger partial charge in [-0.05, 0) is 38.0 Å². The number of halogens is 1. The standard InChI is InChI=1S/C23H24FN7O2/c1-14(26-2)17(12-25)15-10-16-20(11-18(15)24)33-9-4-3-8-31-13-27-30-22(31)19-6-5-7-21(28-19)29-23(16)32/h5-7,10-13,25-26H,3-4,8-9H2,1-2H3,(H,28,29,32)/b17-14+,25-12?. The maximum Gasteiger partial charge on any atom is 0.260 e. The number of aromatic nitrogens is 4. The molecule has 1 aliphatic heterocycles. The molecule has 1 aromatic carbocycles. The molecule has 1 amide bonds. The van der Waals surface area contributed by atoms with Crippen molar-refractivity contribution in [1.82, 2.24) is 25.1 Å². The van der Waals surface area contributed by atoms with Crippen molar-refractivity contribution < 1.29 is 13.9 Å². The number of aryl methyl sites for hydroxylation is 1. The van der Waals surface area contributed by atoms with Crippen molar-refractivity contribution in [2.24, 2.45) is 0 Å². The Morgan fingerprint density at radius 2 is 2.18 bits per heavy atom. The van der Waals surface area contributed by atoms with E-state index < -0.39 is 11.7 Å². The van der Waals surface area contributed by atoms with E-state index in [0.29, 0.717) is 48.2 Å². The largest absolute Gasteiger partial charge is 0.493 e. The molecule has 3 heterocycles. The second-order valence-corrected chi connectivity index (χ2v) is 7.53. The van der Waals surface area contributed by atoms with Crippen LogP contribution < -0.4 is 15.4 Å². The van der Waals surface area contributed by atoms with Crippen molar-refractivity contribution in [3.05, 3.63) is 59.3 Å². The first kappa shape index (κ1) is 22.1. The summed E-state index contributed by atoms with van der Waals surface area (Å²) >= 11 is 0. The highest BCUT2D eigenvalue weighted by Crippen LogP contribution is 2.29. The number of nitrogens with one attached hydrogen (secondary N) is 3. The SMILES string of the molecule is CN/C(C)=C(\C=N)c1cc2c(cc1F)OCCCCn1cnnc1-c1cccc(n1)NC2=O. The van der Waals surface area contributed by atoms with E-state index in [0.717, 1.165) is 12.6 Å². The normalized spacial score (nSPS) is 14.6. The predicted octanol–water partition coefficient (Wildman–Crippen LogP) is 3.50. The molecule has 2 bridgehead atoms. The molecule has 0 radical (unpaired) electrons. The highest BCUT2D eigenvalue weighted by atomic mass is 19.1. The van der Waals surface area contributed by atoms with Gasteiger partial charge in [0, 0.05) is 42.7 Å². The number of benzene rings is 1. The van der Waals surface area contributed by atoms with Gasteiger partial charge in [-0.15, -0.1) is 10.2 Å². The fourth-order valence-electron chi connectivity index (χ4n) is 3.58. The number of carbonyl (C=O) groups is 1. The van der Waals surface area contributed by atoms with Crippen molar-refractivity contribution in [2.45, 2.75) is 26.3 Å². The molecule has 0 atom stereocenters. The van der Waals surface area contributed by atoms with Crippen molar-refractivity contribution in [3.8, 4) is 17.3 Å². The van der Waals surface area contributed by atoms with Gasteiger partial charge in [0.1, 0.15) is 29.4 Å². The summed E-state index contributed by atoms with van der Waals surface area (Å²) in [6.07, 6.45) is 4.15. The summed E-state index contributed by atoms with van der Waals surface area (Å²) in [4.78, 5) is 17.7. The number of pyridine rings is 1. The molecule has 170 valence electrons. The molecule has 0 spiro atoms. The Morgan fingerprint density at radius 1 is 1.33 bits per heavy atom. The lowest BCUT2D eigenvalue weighted by Gasteiger charge is -2.16. The Balaban J connectivity index is 1.79. The van der Waals surface area contributed by atoms with E-state index >= 15 is 4.39 Å². The number of hydrogen-bond donors (Lipinski definition) is 3. The van der Waals surface area contributed by atoms with E-state index in [-0.39, 0.29) is 16.9 Å². The molecule has 4 rings (SSSR count). The fourth-order valence-corrected chi connectivity index (χ4v) is 3.58. The Kier molecular flexibility index (Phi) is 6.43. The second kappa shape index (κ2) is 9.60. The van der Waals surface area contributed by atoms with Crippen LogP contribution in [0.25, 0.3) is 17.1 Å². The second-order valence-electron chi connectivity index (χ2n) is 7.53. The fraction of sp³-hybridized carbons (Fsp3) is 0.261. The number of rotatable bonds is 3. The maximum absolute atomic E-state index is 15.0. The average Bonchev–Trinajstić information content (AvgIpc) is 3.28. The molecule has 0 unspecified atom stereocenters. The van der Waals surface area contributed by atoms with E-state index in [1.165, 1.54) is 12.1 Å². The van der Waals surface area contributed by atoms with Crippen LogP contribution in [0.15, 0.2) is 42.4 Å². The van der Waals surface area contributed by atoms with Crippen LogP contribution in [0.3, 0.4) is 0 Å². The first-order valence-corrected chi connectivity index (χ1v) is 10.5. The summed E-state index contributed by atoms with van der Waals surface area (Å²) < 4.78 is 22.7. The van der Waals surface area contributed by atoms with E-state index in [2.05, 4.69) is 25.8 Å². The number of fused-ring (bicyclic) bond motifs is 5. The van der Waals surface area contributed by atoms with E-state index in [1.54, 1.807) is 38.5 Å². The minimum Gasteiger partial charge on any atom is -0.493 e. The summed E-state index contributed by atoms with van der Waals surface area (Å²) in [7, 11) is 1.69. The van der Waals surface area contributed by atoms with Gasteiger partial charge >= 0.3 is 0 Å². The molecule has 3 aromatic rings. The number of ether oxygens (including phenoxy) is 1. The van der Waals surface area contributed by atoms with Gasteiger partial charge < -0.3 is 25.3 Å². The minimum atomic E-state index is -0.579. The first-order chi connectivity index (χ1) is 16.0. The van der Waals surface area contributed by atoms with Gasteiger partial charge in [0.25, 0.3) is 5.91 Å². The zero-order valence-corrected chi connectivity index (χ0v) is 18.4. The van der Waals surface area contributed by atoms with Crippen LogP contribution in [0.2, 0.25) is 0 Å². The average molecular weight is 449 g/mol. The van der Waals surface area contributed by atoms with Crippen LogP contribution in [0.5, 0.6) is 5.75 Å². The molecule has 1 aliphatic rings. The van der Waals surface area contributed by atoms with Crippen molar-refractivity contribution in [2.75, 3.05) is 19.0 Å². The monoisotopic (exact) mass is 449 g/mol. The summed E-state index contributed by atoms with van der Waals surface area (Å²) in [5.41, 5.74) is 1.80. The number of amides is 1. The molecule has 0 aliphatic carbocycles. The van der Waals surface area contributed by atoms with Crippen LogP contribution in [-0.2, 0) is 6.54 Å².